The van der Waals surface area contributed by atoms with Crippen molar-refractivity contribution in [3.05, 3.63) is 64.8 Å². The highest BCUT2D eigenvalue weighted by atomic mass is 16.3. The predicted molar refractivity (Wildman–Crippen MR) is 127 cm³/mol. The van der Waals surface area contributed by atoms with Crippen molar-refractivity contribution in [2.45, 2.75) is 60.8 Å². The molecule has 1 aromatic rings. The average Bonchev–Trinajstić information content (AvgIpc) is 2.72. The molecule has 0 saturated heterocycles. The number of ketones is 3. The Morgan fingerprint density at radius 2 is 1.59 bits per heavy atom. The van der Waals surface area contributed by atoms with Crippen LogP contribution in [-0.4, -0.2) is 22.5 Å². The monoisotopic (exact) mass is 434 g/mol. The molecular weight excluding hydrogens is 400 g/mol. The number of rotatable bonds is 5. The number of hydrogen-bond acceptors (Lipinski definition) is 4. The van der Waals surface area contributed by atoms with Gasteiger partial charge in [-0.2, -0.15) is 0 Å². The van der Waals surface area contributed by atoms with Crippen molar-refractivity contribution in [1.82, 2.24) is 0 Å². The number of Topliss-reactive ketones (excluding diaryl/α,β-unsaturated/α-hetero) is 3. The van der Waals surface area contributed by atoms with Gasteiger partial charge in [-0.1, -0.05) is 67.5 Å². The van der Waals surface area contributed by atoms with Gasteiger partial charge in [-0.25, -0.2) is 0 Å². The van der Waals surface area contributed by atoms with E-state index in [0.717, 1.165) is 5.57 Å². The van der Waals surface area contributed by atoms with Crippen LogP contribution in [0.15, 0.2) is 59.2 Å². The van der Waals surface area contributed by atoms with Gasteiger partial charge in [0.1, 0.15) is 11.3 Å². The molecule has 0 aromatic heterocycles. The van der Waals surface area contributed by atoms with Crippen LogP contribution < -0.4 is 0 Å². The minimum absolute atomic E-state index is 0.000944. The Morgan fingerprint density at radius 3 is 2.16 bits per heavy atom. The highest BCUT2D eigenvalue weighted by Gasteiger charge is 2.66. The second kappa shape index (κ2) is 8.65. The summed E-state index contributed by atoms with van der Waals surface area (Å²) in [6.07, 6.45) is 5.38. The number of hydrogen-bond donors (Lipinski definition) is 1. The second-order valence-electron chi connectivity index (χ2n) is 10.4. The summed E-state index contributed by atoms with van der Waals surface area (Å²) in [7, 11) is 0. The first kappa shape index (κ1) is 23.9. The number of benzene rings is 1. The molecule has 2 aliphatic rings. The average molecular weight is 435 g/mol. The zero-order valence-electron chi connectivity index (χ0n) is 20.0. The van der Waals surface area contributed by atoms with Crippen LogP contribution in [0.3, 0.4) is 0 Å². The van der Waals surface area contributed by atoms with Gasteiger partial charge in [0.25, 0.3) is 0 Å². The van der Waals surface area contributed by atoms with Gasteiger partial charge in [-0.05, 0) is 58.3 Å². The molecule has 1 aromatic carbocycles. The highest BCUT2D eigenvalue weighted by molar-refractivity contribution is 6.39. The van der Waals surface area contributed by atoms with E-state index in [0.29, 0.717) is 18.4 Å². The van der Waals surface area contributed by atoms with E-state index in [1.165, 1.54) is 5.57 Å². The Bertz CT molecular complexity index is 1030. The quantitative estimate of drug-likeness (QED) is 0.202. The molecule has 2 aliphatic carbocycles. The van der Waals surface area contributed by atoms with E-state index in [9.17, 15) is 19.5 Å². The standard InChI is InChI=1S/C28H34O4/c1-17(2)12-13-20-16-28(15-14-18(3)4)25(31)21(23(29)19-10-8-7-9-11-19)24(30)22(26(28)32)27(20,5)6/h7-12,14,20,22,29H,13,15-16H2,1-6H3. The molecule has 3 rings (SSSR count). The van der Waals surface area contributed by atoms with Crippen LogP contribution >= 0.6 is 0 Å². The summed E-state index contributed by atoms with van der Waals surface area (Å²) < 4.78 is 0. The zero-order chi connectivity index (χ0) is 23.8. The van der Waals surface area contributed by atoms with E-state index in [1.807, 2.05) is 47.6 Å². The smallest absolute Gasteiger partial charge is 0.184 e. The van der Waals surface area contributed by atoms with Crippen molar-refractivity contribution in [2.75, 3.05) is 0 Å². The third kappa shape index (κ3) is 3.92. The summed E-state index contributed by atoms with van der Waals surface area (Å²) in [6.45, 7) is 11.8. The third-order valence-electron chi connectivity index (χ3n) is 7.25. The van der Waals surface area contributed by atoms with Gasteiger partial charge >= 0.3 is 0 Å². The Hall–Kier alpha value is -2.75. The summed E-state index contributed by atoms with van der Waals surface area (Å²) in [4.78, 5) is 41.3. The number of aliphatic hydroxyl groups is 1. The first-order chi connectivity index (χ1) is 14.9. The fraction of sp³-hybridized carbons (Fsp3) is 0.464. The molecule has 4 nitrogen and oxygen atoms in total. The highest BCUT2D eigenvalue weighted by Crippen LogP contribution is 2.58. The minimum atomic E-state index is -1.32. The summed E-state index contributed by atoms with van der Waals surface area (Å²) in [5, 5.41) is 11.0. The van der Waals surface area contributed by atoms with Crippen molar-refractivity contribution in [3.8, 4) is 0 Å². The molecule has 2 fully saturated rings. The van der Waals surface area contributed by atoms with Crippen LogP contribution in [0.2, 0.25) is 0 Å². The zero-order valence-corrected chi connectivity index (χ0v) is 20.0. The lowest BCUT2D eigenvalue weighted by molar-refractivity contribution is -0.162. The molecule has 0 radical (unpaired) electrons. The third-order valence-corrected chi connectivity index (χ3v) is 7.25. The predicted octanol–water partition coefficient (Wildman–Crippen LogP) is 6.04. The second-order valence-corrected chi connectivity index (χ2v) is 10.4. The summed E-state index contributed by atoms with van der Waals surface area (Å²) in [5.41, 5.74) is 0.434. The first-order valence-corrected chi connectivity index (χ1v) is 11.3. The molecule has 0 aliphatic heterocycles. The van der Waals surface area contributed by atoms with Gasteiger partial charge in [0, 0.05) is 5.56 Å². The van der Waals surface area contributed by atoms with Gasteiger partial charge in [-0.3, -0.25) is 14.4 Å². The molecule has 3 unspecified atom stereocenters. The maximum atomic E-state index is 13.9. The van der Waals surface area contributed by atoms with E-state index < -0.39 is 28.3 Å². The molecule has 170 valence electrons. The van der Waals surface area contributed by atoms with Crippen molar-refractivity contribution in [3.63, 3.8) is 0 Å². The Kier molecular flexibility index (Phi) is 6.46. The van der Waals surface area contributed by atoms with E-state index in [2.05, 4.69) is 6.08 Å². The maximum Gasteiger partial charge on any atom is 0.184 e. The molecule has 4 heteroatoms. The first-order valence-electron chi connectivity index (χ1n) is 11.3. The molecule has 2 saturated carbocycles. The number of carbonyl (C=O) groups is 3. The van der Waals surface area contributed by atoms with Crippen molar-refractivity contribution >= 4 is 23.1 Å². The van der Waals surface area contributed by atoms with E-state index in [4.69, 9.17) is 0 Å². The lowest BCUT2D eigenvalue weighted by Gasteiger charge is -2.53. The van der Waals surface area contributed by atoms with Crippen molar-refractivity contribution in [1.29, 1.82) is 0 Å². The fourth-order valence-electron chi connectivity index (χ4n) is 5.18. The Balaban J connectivity index is 2.24. The molecule has 32 heavy (non-hydrogen) atoms. The SMILES string of the molecule is CC(C)=CCC1CC2(CC=C(C)C)C(=O)C(=C(O)c3ccccc3)C(=O)C(C2=O)C1(C)C. The van der Waals surface area contributed by atoms with E-state index >= 15 is 0 Å². The molecule has 0 heterocycles. The lowest BCUT2D eigenvalue weighted by Crippen LogP contribution is -2.62. The van der Waals surface area contributed by atoms with Crippen molar-refractivity contribution < 1.29 is 19.5 Å². The molecule has 0 amide bonds. The molecule has 3 atom stereocenters. The Morgan fingerprint density at radius 1 is 1.00 bits per heavy atom. The van der Waals surface area contributed by atoms with Gasteiger partial charge in [-0.15, -0.1) is 0 Å². The van der Waals surface area contributed by atoms with Gasteiger partial charge < -0.3 is 5.11 Å². The summed E-state index contributed by atoms with van der Waals surface area (Å²) in [5.74, 6) is -2.62. The van der Waals surface area contributed by atoms with E-state index in [-0.39, 0.29) is 29.5 Å². The maximum absolute atomic E-state index is 13.9. The topological polar surface area (TPSA) is 71.4 Å². The van der Waals surface area contributed by atoms with Crippen molar-refractivity contribution in [2.24, 2.45) is 22.7 Å². The fourth-order valence-corrected chi connectivity index (χ4v) is 5.18. The van der Waals surface area contributed by atoms with Crippen LogP contribution in [-0.2, 0) is 14.4 Å². The van der Waals surface area contributed by atoms with Crippen LogP contribution in [0.5, 0.6) is 0 Å². The largest absolute Gasteiger partial charge is 0.506 e. The number of aliphatic hydroxyl groups excluding tert-OH is 1. The number of fused-ring (bicyclic) bond motifs is 2. The number of carbonyl (C=O) groups excluding carboxylic acids is 3. The molecule has 0 spiro atoms. The molecule has 1 N–H and O–H groups in total. The molecular formula is C28H34O4. The van der Waals surface area contributed by atoms with Crippen LogP contribution in [0.4, 0.5) is 0 Å². The summed E-state index contributed by atoms with van der Waals surface area (Å²) in [6, 6.07) is 8.63. The normalized spacial score (nSPS) is 28.2. The lowest BCUT2D eigenvalue weighted by atomic mass is 9.46. The van der Waals surface area contributed by atoms with E-state index in [1.54, 1.807) is 30.3 Å². The molecule has 2 bridgehead atoms. The minimum Gasteiger partial charge on any atom is -0.506 e. The summed E-state index contributed by atoms with van der Waals surface area (Å²) >= 11 is 0. The van der Waals surface area contributed by atoms with Crippen LogP contribution in [0.1, 0.15) is 66.4 Å². The van der Waals surface area contributed by atoms with Crippen LogP contribution in [0.25, 0.3) is 5.76 Å². The van der Waals surface area contributed by atoms with Gasteiger partial charge in [0.05, 0.1) is 11.3 Å². The number of allylic oxidation sites excluding steroid dienone is 5. The van der Waals surface area contributed by atoms with Crippen LogP contribution in [0, 0.1) is 22.7 Å². The van der Waals surface area contributed by atoms with Gasteiger partial charge in [0.2, 0.25) is 0 Å². The Labute approximate surface area is 191 Å². The van der Waals surface area contributed by atoms with Gasteiger partial charge in [0.15, 0.2) is 17.3 Å².